The van der Waals surface area contributed by atoms with Gasteiger partial charge in [-0.15, -0.1) is 0 Å². The van der Waals surface area contributed by atoms with Gasteiger partial charge in [0, 0.05) is 16.3 Å². The SMILES string of the molecule is O=c1oc2nc3ccccc3c(-c3ccccc3)c2cc1-c1ccccc1. The summed E-state index contributed by atoms with van der Waals surface area (Å²) in [5.74, 6) is 0. The molecule has 5 rings (SSSR count). The second-order valence-corrected chi connectivity index (χ2v) is 6.40. The Balaban J connectivity index is 1.94. The van der Waals surface area contributed by atoms with Crippen molar-refractivity contribution >= 4 is 22.0 Å². The van der Waals surface area contributed by atoms with E-state index in [2.05, 4.69) is 23.2 Å². The van der Waals surface area contributed by atoms with Crippen LogP contribution in [-0.2, 0) is 0 Å². The average molecular weight is 349 g/mol. The minimum Gasteiger partial charge on any atom is -0.403 e. The normalized spacial score (nSPS) is 11.1. The monoisotopic (exact) mass is 349 g/mol. The third kappa shape index (κ3) is 2.61. The highest BCUT2D eigenvalue weighted by Crippen LogP contribution is 2.35. The number of aromatic nitrogens is 1. The molecule has 0 unspecified atom stereocenters. The number of benzene rings is 3. The molecule has 0 aliphatic rings. The Kier molecular flexibility index (Phi) is 3.58. The Bertz CT molecular complexity index is 1320. The summed E-state index contributed by atoms with van der Waals surface area (Å²) in [7, 11) is 0. The zero-order valence-corrected chi connectivity index (χ0v) is 14.4. The molecule has 2 aromatic heterocycles. The zero-order chi connectivity index (χ0) is 18.2. The number of hydrogen-bond acceptors (Lipinski definition) is 3. The van der Waals surface area contributed by atoms with Gasteiger partial charge in [0.05, 0.1) is 11.1 Å². The highest BCUT2D eigenvalue weighted by Gasteiger charge is 2.15. The van der Waals surface area contributed by atoms with Gasteiger partial charge < -0.3 is 4.42 Å². The van der Waals surface area contributed by atoms with Crippen molar-refractivity contribution in [2.75, 3.05) is 0 Å². The average Bonchev–Trinajstić information content (AvgIpc) is 2.73. The first-order chi connectivity index (χ1) is 13.3. The molecule has 0 saturated carbocycles. The van der Waals surface area contributed by atoms with E-state index < -0.39 is 0 Å². The lowest BCUT2D eigenvalue weighted by Gasteiger charge is -2.11. The summed E-state index contributed by atoms with van der Waals surface area (Å²) in [6.45, 7) is 0. The molecule has 3 heteroatoms. The van der Waals surface area contributed by atoms with Gasteiger partial charge in [0.1, 0.15) is 0 Å². The Hall–Kier alpha value is -3.72. The van der Waals surface area contributed by atoms with Crippen LogP contribution in [0.2, 0.25) is 0 Å². The van der Waals surface area contributed by atoms with Crippen molar-refractivity contribution in [3.05, 3.63) is 101 Å². The van der Waals surface area contributed by atoms with Crippen molar-refractivity contribution in [3.63, 3.8) is 0 Å². The van der Waals surface area contributed by atoms with Crippen molar-refractivity contribution < 1.29 is 4.42 Å². The zero-order valence-electron chi connectivity index (χ0n) is 14.4. The third-order valence-electron chi connectivity index (χ3n) is 4.74. The van der Waals surface area contributed by atoms with Gasteiger partial charge in [-0.25, -0.2) is 9.78 Å². The van der Waals surface area contributed by atoms with Crippen LogP contribution in [0.25, 0.3) is 44.3 Å². The summed E-state index contributed by atoms with van der Waals surface area (Å²) >= 11 is 0. The molecule has 0 saturated heterocycles. The van der Waals surface area contributed by atoms with Crippen molar-refractivity contribution in [1.29, 1.82) is 0 Å². The molecule has 128 valence electrons. The van der Waals surface area contributed by atoms with E-state index in [1.165, 1.54) is 0 Å². The lowest BCUT2D eigenvalue weighted by molar-refractivity contribution is 0.553. The van der Waals surface area contributed by atoms with Gasteiger partial charge in [0.2, 0.25) is 5.71 Å². The highest BCUT2D eigenvalue weighted by molar-refractivity contribution is 6.08. The standard InChI is InChI=1S/C24H15NO2/c26-24-19(16-9-3-1-4-10-16)15-20-22(17-11-5-2-6-12-17)18-13-7-8-14-21(18)25-23(20)27-24/h1-15H. The van der Waals surface area contributed by atoms with Crippen LogP contribution in [0.5, 0.6) is 0 Å². The molecule has 5 aromatic rings. The molecule has 27 heavy (non-hydrogen) atoms. The molecule has 0 amide bonds. The van der Waals surface area contributed by atoms with Crippen molar-refractivity contribution in [1.82, 2.24) is 4.98 Å². The number of fused-ring (bicyclic) bond motifs is 2. The summed E-state index contributed by atoms with van der Waals surface area (Å²) in [5.41, 5.74) is 4.25. The molecule has 0 N–H and O–H groups in total. The largest absolute Gasteiger partial charge is 0.403 e. The fourth-order valence-corrected chi connectivity index (χ4v) is 3.50. The minimum absolute atomic E-state index is 0.359. The smallest absolute Gasteiger partial charge is 0.345 e. The van der Waals surface area contributed by atoms with Gasteiger partial charge in [-0.1, -0.05) is 78.9 Å². The summed E-state index contributed by atoms with van der Waals surface area (Å²) in [4.78, 5) is 17.2. The van der Waals surface area contributed by atoms with E-state index in [1.54, 1.807) is 0 Å². The van der Waals surface area contributed by atoms with Crippen LogP contribution < -0.4 is 5.63 Å². The Morgan fingerprint density at radius 1 is 0.667 bits per heavy atom. The van der Waals surface area contributed by atoms with Gasteiger partial charge in [0.25, 0.3) is 0 Å². The maximum Gasteiger partial charge on any atom is 0.345 e. The van der Waals surface area contributed by atoms with E-state index in [1.807, 2.05) is 72.8 Å². The first-order valence-corrected chi connectivity index (χ1v) is 8.79. The molecule has 0 aliphatic carbocycles. The van der Waals surface area contributed by atoms with Crippen LogP contribution in [0, 0.1) is 0 Å². The summed E-state index contributed by atoms with van der Waals surface area (Å²) in [6, 6.07) is 29.5. The molecule has 3 aromatic carbocycles. The fraction of sp³-hybridized carbons (Fsp3) is 0. The van der Waals surface area contributed by atoms with Crippen molar-refractivity contribution in [3.8, 4) is 22.3 Å². The summed E-state index contributed by atoms with van der Waals surface area (Å²) in [6.07, 6.45) is 0. The molecule has 2 heterocycles. The van der Waals surface area contributed by atoms with Crippen LogP contribution in [0.4, 0.5) is 0 Å². The van der Waals surface area contributed by atoms with Gasteiger partial charge >= 0.3 is 5.63 Å². The first kappa shape index (κ1) is 15.5. The van der Waals surface area contributed by atoms with Gasteiger partial charge in [-0.05, 0) is 23.3 Å². The maximum absolute atomic E-state index is 12.6. The van der Waals surface area contributed by atoms with Crippen LogP contribution in [0.3, 0.4) is 0 Å². The van der Waals surface area contributed by atoms with E-state index in [0.29, 0.717) is 11.3 Å². The quantitative estimate of drug-likeness (QED) is 0.385. The van der Waals surface area contributed by atoms with E-state index in [0.717, 1.165) is 33.0 Å². The number of hydrogen-bond donors (Lipinski definition) is 0. The second-order valence-electron chi connectivity index (χ2n) is 6.40. The van der Waals surface area contributed by atoms with E-state index >= 15 is 0 Å². The molecule has 0 spiro atoms. The van der Waals surface area contributed by atoms with Crippen LogP contribution in [0.15, 0.2) is 100 Å². The lowest BCUT2D eigenvalue weighted by Crippen LogP contribution is -2.04. The Morgan fingerprint density at radius 2 is 1.30 bits per heavy atom. The predicted octanol–water partition coefficient (Wildman–Crippen LogP) is 5.68. The molecular weight excluding hydrogens is 334 g/mol. The fourth-order valence-electron chi connectivity index (χ4n) is 3.50. The second kappa shape index (κ2) is 6.22. The maximum atomic E-state index is 12.6. The van der Waals surface area contributed by atoms with Gasteiger partial charge in [-0.2, -0.15) is 0 Å². The molecule has 0 fully saturated rings. The molecule has 0 atom stereocenters. The first-order valence-electron chi connectivity index (χ1n) is 8.79. The predicted molar refractivity (Wildman–Crippen MR) is 109 cm³/mol. The van der Waals surface area contributed by atoms with Crippen LogP contribution in [-0.4, -0.2) is 4.98 Å². The number of nitrogens with zero attached hydrogens (tertiary/aromatic N) is 1. The van der Waals surface area contributed by atoms with Gasteiger partial charge in [-0.3, -0.25) is 0 Å². The topological polar surface area (TPSA) is 43.1 Å². The molecule has 0 radical (unpaired) electrons. The Morgan fingerprint density at radius 3 is 2.04 bits per heavy atom. The van der Waals surface area contributed by atoms with Crippen molar-refractivity contribution in [2.45, 2.75) is 0 Å². The van der Waals surface area contributed by atoms with E-state index in [9.17, 15) is 4.79 Å². The molecule has 3 nitrogen and oxygen atoms in total. The minimum atomic E-state index is -0.379. The molecule has 0 bridgehead atoms. The number of rotatable bonds is 2. The third-order valence-corrected chi connectivity index (χ3v) is 4.74. The van der Waals surface area contributed by atoms with E-state index in [-0.39, 0.29) is 5.63 Å². The van der Waals surface area contributed by atoms with Gasteiger partial charge in [0.15, 0.2) is 0 Å². The Labute approximate surface area is 155 Å². The lowest BCUT2D eigenvalue weighted by atomic mass is 9.96. The summed E-state index contributed by atoms with van der Waals surface area (Å²) < 4.78 is 5.65. The number of para-hydroxylation sites is 1. The molecule has 0 aliphatic heterocycles. The highest BCUT2D eigenvalue weighted by atomic mass is 16.4. The number of pyridine rings is 1. The summed E-state index contributed by atoms with van der Waals surface area (Å²) in [5, 5.41) is 1.86. The van der Waals surface area contributed by atoms with E-state index in [4.69, 9.17) is 4.42 Å². The van der Waals surface area contributed by atoms with Crippen molar-refractivity contribution in [2.24, 2.45) is 0 Å². The van der Waals surface area contributed by atoms with Crippen LogP contribution >= 0.6 is 0 Å². The molecular formula is C24H15NO2. The van der Waals surface area contributed by atoms with Crippen LogP contribution in [0.1, 0.15) is 0 Å².